The van der Waals surface area contributed by atoms with Gasteiger partial charge in [-0.2, -0.15) is 9.78 Å². The number of aromatic nitrogens is 3. The van der Waals surface area contributed by atoms with Crippen molar-refractivity contribution in [1.82, 2.24) is 14.9 Å². The van der Waals surface area contributed by atoms with E-state index in [0.717, 1.165) is 17.0 Å². The Balaban J connectivity index is 1.93. The minimum atomic E-state index is 0.455. The van der Waals surface area contributed by atoms with E-state index in [1.165, 1.54) is 11.8 Å². The van der Waals surface area contributed by atoms with Crippen molar-refractivity contribution in [2.75, 3.05) is 20.5 Å². The lowest BCUT2D eigenvalue weighted by atomic mass is 10.1. The van der Waals surface area contributed by atoms with E-state index in [9.17, 15) is 0 Å². The van der Waals surface area contributed by atoms with Crippen molar-refractivity contribution in [2.45, 2.75) is 11.6 Å². The van der Waals surface area contributed by atoms with Gasteiger partial charge in [0.05, 0.1) is 25.5 Å². The van der Waals surface area contributed by atoms with E-state index in [4.69, 9.17) is 21.1 Å². The number of ether oxygens (including phenoxy) is 2. The number of hydrogen-bond donors (Lipinski definition) is 0. The number of thioether (sulfide) groups is 1. The first-order chi connectivity index (χ1) is 13.2. The molecular weight excluding hydrogens is 384 g/mol. The second-order valence-electron chi connectivity index (χ2n) is 5.56. The Hall–Kier alpha value is -2.51. The molecule has 8 heteroatoms. The van der Waals surface area contributed by atoms with Gasteiger partial charge in [-0.05, 0) is 29.5 Å². The zero-order valence-electron chi connectivity index (χ0n) is 15.2. The third kappa shape index (κ3) is 4.43. The standard InChI is InChI=1S/C19H19ClN4O2S/c1-25-16-10-14(9-15(20)18(16)26-2)12-21-24-17(22-23-19(24)27-3)11-13-7-5-4-6-8-13/h4-10,12H,11H2,1-3H3/b21-12-. The summed E-state index contributed by atoms with van der Waals surface area (Å²) in [6.45, 7) is 0. The number of hydrogen-bond acceptors (Lipinski definition) is 6. The number of halogens is 1. The molecule has 0 saturated heterocycles. The summed E-state index contributed by atoms with van der Waals surface area (Å²) in [7, 11) is 3.12. The van der Waals surface area contributed by atoms with Gasteiger partial charge in [0.15, 0.2) is 17.3 Å². The predicted octanol–water partition coefficient (Wildman–Crippen LogP) is 4.14. The molecule has 2 aromatic carbocycles. The molecule has 1 heterocycles. The highest BCUT2D eigenvalue weighted by molar-refractivity contribution is 7.98. The molecule has 140 valence electrons. The molecule has 0 N–H and O–H groups in total. The van der Waals surface area contributed by atoms with Gasteiger partial charge < -0.3 is 9.47 Å². The molecule has 1 aromatic heterocycles. The summed E-state index contributed by atoms with van der Waals surface area (Å²) in [4.78, 5) is 0. The lowest BCUT2D eigenvalue weighted by Gasteiger charge is -2.10. The molecule has 3 rings (SSSR count). The highest BCUT2D eigenvalue weighted by Crippen LogP contribution is 2.35. The second kappa shape index (κ2) is 8.92. The van der Waals surface area contributed by atoms with Crippen LogP contribution < -0.4 is 9.47 Å². The molecule has 0 unspecified atom stereocenters. The van der Waals surface area contributed by atoms with Gasteiger partial charge in [0.25, 0.3) is 0 Å². The zero-order chi connectivity index (χ0) is 19.2. The van der Waals surface area contributed by atoms with Gasteiger partial charge in [0.1, 0.15) is 0 Å². The third-order valence-electron chi connectivity index (χ3n) is 3.84. The molecule has 6 nitrogen and oxygen atoms in total. The van der Waals surface area contributed by atoms with Crippen molar-refractivity contribution >= 4 is 29.6 Å². The monoisotopic (exact) mass is 402 g/mol. The largest absolute Gasteiger partial charge is 0.493 e. The van der Waals surface area contributed by atoms with E-state index >= 15 is 0 Å². The normalized spacial score (nSPS) is 11.1. The SMILES string of the molecule is COc1cc(/C=N\n2c(Cc3ccccc3)nnc2SC)cc(Cl)c1OC. The lowest BCUT2D eigenvalue weighted by Crippen LogP contribution is -2.01. The van der Waals surface area contributed by atoms with Crippen molar-refractivity contribution in [1.29, 1.82) is 0 Å². The summed E-state index contributed by atoms with van der Waals surface area (Å²) < 4.78 is 12.3. The number of nitrogens with zero attached hydrogens (tertiary/aromatic N) is 4. The topological polar surface area (TPSA) is 61.5 Å². The van der Waals surface area contributed by atoms with Crippen LogP contribution in [-0.2, 0) is 6.42 Å². The highest BCUT2D eigenvalue weighted by Gasteiger charge is 2.13. The first kappa shape index (κ1) is 19.3. The van der Waals surface area contributed by atoms with Crippen molar-refractivity contribution < 1.29 is 9.47 Å². The fourth-order valence-electron chi connectivity index (χ4n) is 2.56. The molecule has 0 radical (unpaired) electrons. The number of benzene rings is 2. The Labute approximate surface area is 167 Å². The van der Waals surface area contributed by atoms with Crippen molar-refractivity contribution in [3.05, 3.63) is 64.4 Å². The van der Waals surface area contributed by atoms with Crippen LogP contribution in [0.2, 0.25) is 5.02 Å². The zero-order valence-corrected chi connectivity index (χ0v) is 16.8. The summed E-state index contributed by atoms with van der Waals surface area (Å²) in [5.74, 6) is 1.80. The van der Waals surface area contributed by atoms with Gasteiger partial charge in [-0.1, -0.05) is 53.7 Å². The molecule has 3 aromatic rings. The highest BCUT2D eigenvalue weighted by atomic mass is 35.5. The van der Waals surface area contributed by atoms with Crippen molar-refractivity contribution in [2.24, 2.45) is 5.10 Å². The molecule has 0 amide bonds. The Kier molecular flexibility index (Phi) is 6.36. The van der Waals surface area contributed by atoms with Crippen LogP contribution in [0.15, 0.2) is 52.7 Å². The number of methoxy groups -OCH3 is 2. The molecule has 0 aliphatic heterocycles. The molecule has 0 saturated carbocycles. The van der Waals surface area contributed by atoms with Crippen LogP contribution in [-0.4, -0.2) is 41.6 Å². The first-order valence-corrected chi connectivity index (χ1v) is 9.74. The van der Waals surface area contributed by atoms with Gasteiger partial charge in [-0.25, -0.2) is 0 Å². The Morgan fingerprint density at radius 3 is 2.59 bits per heavy atom. The molecule has 0 spiro atoms. The lowest BCUT2D eigenvalue weighted by molar-refractivity contribution is 0.355. The fraction of sp³-hybridized carbons (Fsp3) is 0.211. The van der Waals surface area contributed by atoms with E-state index in [0.29, 0.717) is 28.1 Å². The van der Waals surface area contributed by atoms with Crippen LogP contribution in [0.3, 0.4) is 0 Å². The van der Waals surface area contributed by atoms with Gasteiger partial charge in [0.2, 0.25) is 5.16 Å². The van der Waals surface area contributed by atoms with E-state index in [-0.39, 0.29) is 0 Å². The average molecular weight is 403 g/mol. The molecular formula is C19H19ClN4O2S. The van der Waals surface area contributed by atoms with Crippen LogP contribution in [0.4, 0.5) is 0 Å². The van der Waals surface area contributed by atoms with E-state index in [1.807, 2.05) is 30.5 Å². The molecule has 27 heavy (non-hydrogen) atoms. The van der Waals surface area contributed by atoms with Crippen molar-refractivity contribution in [3.63, 3.8) is 0 Å². The van der Waals surface area contributed by atoms with Crippen LogP contribution in [0.25, 0.3) is 0 Å². The third-order valence-corrected chi connectivity index (χ3v) is 4.74. The van der Waals surface area contributed by atoms with Gasteiger partial charge in [-0.15, -0.1) is 10.2 Å². The van der Waals surface area contributed by atoms with E-state index in [1.54, 1.807) is 31.2 Å². The molecule has 0 fully saturated rings. The Morgan fingerprint density at radius 2 is 1.93 bits per heavy atom. The maximum Gasteiger partial charge on any atom is 0.211 e. The Morgan fingerprint density at radius 1 is 1.15 bits per heavy atom. The van der Waals surface area contributed by atoms with Crippen molar-refractivity contribution in [3.8, 4) is 11.5 Å². The molecule has 0 atom stereocenters. The predicted molar refractivity (Wildman–Crippen MR) is 109 cm³/mol. The Bertz CT molecular complexity index is 944. The molecule has 0 bridgehead atoms. The maximum atomic E-state index is 6.27. The van der Waals surface area contributed by atoms with Crippen LogP contribution >= 0.6 is 23.4 Å². The van der Waals surface area contributed by atoms with Gasteiger partial charge in [0, 0.05) is 6.42 Å². The fourth-order valence-corrected chi connectivity index (χ4v) is 3.31. The minimum Gasteiger partial charge on any atom is -0.493 e. The van der Waals surface area contributed by atoms with Crippen LogP contribution in [0, 0.1) is 0 Å². The first-order valence-electron chi connectivity index (χ1n) is 8.14. The summed E-state index contributed by atoms with van der Waals surface area (Å²) in [5.41, 5.74) is 1.92. The average Bonchev–Trinajstić information content (AvgIpc) is 3.08. The summed E-state index contributed by atoms with van der Waals surface area (Å²) in [6, 6.07) is 13.7. The van der Waals surface area contributed by atoms with Crippen LogP contribution in [0.1, 0.15) is 17.0 Å². The van der Waals surface area contributed by atoms with Gasteiger partial charge in [-0.3, -0.25) is 0 Å². The maximum absolute atomic E-state index is 6.27. The number of rotatable bonds is 7. The summed E-state index contributed by atoms with van der Waals surface area (Å²) in [5, 5.41) is 14.2. The van der Waals surface area contributed by atoms with E-state index in [2.05, 4.69) is 27.4 Å². The van der Waals surface area contributed by atoms with Gasteiger partial charge >= 0.3 is 0 Å². The van der Waals surface area contributed by atoms with E-state index < -0.39 is 0 Å². The minimum absolute atomic E-state index is 0.455. The quantitative estimate of drug-likeness (QED) is 0.439. The molecule has 0 aliphatic rings. The van der Waals surface area contributed by atoms with Crippen LogP contribution in [0.5, 0.6) is 11.5 Å². The second-order valence-corrected chi connectivity index (χ2v) is 6.74. The summed E-state index contributed by atoms with van der Waals surface area (Å²) >= 11 is 7.75. The smallest absolute Gasteiger partial charge is 0.211 e. The molecule has 0 aliphatic carbocycles. The summed E-state index contributed by atoms with van der Waals surface area (Å²) in [6.07, 6.45) is 4.28.